The summed E-state index contributed by atoms with van der Waals surface area (Å²) in [4.78, 5) is 6.81. The van der Waals surface area contributed by atoms with Crippen LogP contribution in [0, 0.1) is 5.41 Å². The molecule has 0 N–H and O–H groups in total. The van der Waals surface area contributed by atoms with Crippen molar-refractivity contribution < 1.29 is 0 Å². The molecule has 88 valence electrons. The van der Waals surface area contributed by atoms with Gasteiger partial charge in [-0.25, -0.2) is 0 Å². The van der Waals surface area contributed by atoms with Gasteiger partial charge in [0.25, 0.3) is 0 Å². The third kappa shape index (κ3) is 3.19. The normalized spacial score (nSPS) is 20.9. The van der Waals surface area contributed by atoms with E-state index in [1.807, 2.05) is 12.1 Å². The minimum Gasteiger partial charge on any atom is -0.297 e. The van der Waals surface area contributed by atoms with Crippen LogP contribution in [0.1, 0.15) is 32.4 Å². The van der Waals surface area contributed by atoms with Crippen molar-refractivity contribution in [1.29, 1.82) is 0 Å². The highest BCUT2D eigenvalue weighted by Crippen LogP contribution is 2.30. The summed E-state index contributed by atoms with van der Waals surface area (Å²) < 4.78 is 0. The molecule has 0 spiro atoms. The predicted molar refractivity (Wildman–Crippen MR) is 67.5 cm³/mol. The van der Waals surface area contributed by atoms with Crippen molar-refractivity contribution >= 4 is 11.6 Å². The molecule has 0 aliphatic carbocycles. The van der Waals surface area contributed by atoms with Crippen molar-refractivity contribution in [3.63, 3.8) is 0 Å². The van der Waals surface area contributed by atoms with Crippen molar-refractivity contribution in [3.05, 3.63) is 29.0 Å². The summed E-state index contributed by atoms with van der Waals surface area (Å²) in [6, 6.07) is 3.78. The molecule has 1 aromatic rings. The first-order chi connectivity index (χ1) is 7.55. The lowest BCUT2D eigenvalue weighted by molar-refractivity contribution is 0.126. The highest BCUT2D eigenvalue weighted by molar-refractivity contribution is 6.30. The maximum atomic E-state index is 5.95. The zero-order valence-corrected chi connectivity index (χ0v) is 10.8. The van der Waals surface area contributed by atoms with Crippen LogP contribution >= 0.6 is 11.6 Å². The lowest BCUT2D eigenvalue weighted by Crippen LogP contribution is -2.36. The van der Waals surface area contributed by atoms with E-state index in [9.17, 15) is 0 Å². The number of hydrogen-bond donors (Lipinski definition) is 0. The van der Waals surface area contributed by atoms with Gasteiger partial charge in [0.2, 0.25) is 0 Å². The molecule has 2 rings (SSSR count). The first-order valence-electron chi connectivity index (χ1n) is 5.88. The molecule has 0 atom stereocenters. The molecule has 0 unspecified atom stereocenters. The second-order valence-corrected chi connectivity index (χ2v) is 5.84. The van der Waals surface area contributed by atoms with Gasteiger partial charge in [0, 0.05) is 17.8 Å². The SMILES string of the molecule is CC1(C)CCN(Cc2cc(Cl)ccn2)CC1. The third-order valence-electron chi connectivity index (χ3n) is 3.37. The number of piperidine rings is 1. The summed E-state index contributed by atoms with van der Waals surface area (Å²) in [6.45, 7) is 7.96. The molecule has 0 saturated carbocycles. The fraction of sp³-hybridized carbons (Fsp3) is 0.615. The zero-order chi connectivity index (χ0) is 11.6. The van der Waals surface area contributed by atoms with Gasteiger partial charge in [-0.15, -0.1) is 0 Å². The van der Waals surface area contributed by atoms with E-state index in [1.165, 1.54) is 25.9 Å². The Morgan fingerprint density at radius 1 is 1.38 bits per heavy atom. The largest absolute Gasteiger partial charge is 0.297 e. The van der Waals surface area contributed by atoms with E-state index < -0.39 is 0 Å². The van der Waals surface area contributed by atoms with Gasteiger partial charge < -0.3 is 0 Å². The van der Waals surface area contributed by atoms with Crippen LogP contribution in [0.4, 0.5) is 0 Å². The lowest BCUT2D eigenvalue weighted by atomic mass is 9.83. The van der Waals surface area contributed by atoms with Gasteiger partial charge in [0.1, 0.15) is 0 Å². The Bertz CT molecular complexity index is 353. The van der Waals surface area contributed by atoms with Crippen LogP contribution in [0.3, 0.4) is 0 Å². The van der Waals surface area contributed by atoms with Crippen molar-refractivity contribution in [3.8, 4) is 0 Å². The Labute approximate surface area is 103 Å². The topological polar surface area (TPSA) is 16.1 Å². The van der Waals surface area contributed by atoms with Crippen LogP contribution in [0.5, 0.6) is 0 Å². The molecule has 0 aromatic carbocycles. The van der Waals surface area contributed by atoms with Gasteiger partial charge >= 0.3 is 0 Å². The summed E-state index contributed by atoms with van der Waals surface area (Å²) in [5.41, 5.74) is 1.59. The fourth-order valence-electron chi connectivity index (χ4n) is 2.08. The Morgan fingerprint density at radius 2 is 2.06 bits per heavy atom. The van der Waals surface area contributed by atoms with Gasteiger partial charge in [0.05, 0.1) is 5.69 Å². The Morgan fingerprint density at radius 3 is 2.69 bits per heavy atom. The van der Waals surface area contributed by atoms with Crippen LogP contribution in [0.25, 0.3) is 0 Å². The van der Waals surface area contributed by atoms with Gasteiger partial charge in [-0.1, -0.05) is 25.4 Å². The van der Waals surface area contributed by atoms with E-state index in [0.717, 1.165) is 17.3 Å². The number of likely N-dealkylation sites (tertiary alicyclic amines) is 1. The minimum atomic E-state index is 0.512. The molecule has 0 amide bonds. The average molecular weight is 239 g/mol. The number of rotatable bonds is 2. The van der Waals surface area contributed by atoms with Crippen LogP contribution in [-0.4, -0.2) is 23.0 Å². The van der Waals surface area contributed by atoms with Gasteiger partial charge in [-0.05, 0) is 43.5 Å². The Balaban J connectivity index is 1.92. The van der Waals surface area contributed by atoms with Crippen LogP contribution in [-0.2, 0) is 6.54 Å². The Kier molecular flexibility index (Phi) is 3.50. The van der Waals surface area contributed by atoms with E-state index in [-0.39, 0.29) is 0 Å². The smallest absolute Gasteiger partial charge is 0.0558 e. The molecular weight excluding hydrogens is 220 g/mol. The second-order valence-electron chi connectivity index (χ2n) is 5.41. The Hall–Kier alpha value is -0.600. The molecule has 1 aromatic heterocycles. The number of pyridine rings is 1. The summed E-state index contributed by atoms with van der Waals surface area (Å²) in [6.07, 6.45) is 4.33. The van der Waals surface area contributed by atoms with Gasteiger partial charge in [-0.3, -0.25) is 9.88 Å². The highest BCUT2D eigenvalue weighted by atomic mass is 35.5. The molecule has 16 heavy (non-hydrogen) atoms. The quantitative estimate of drug-likeness (QED) is 0.786. The number of hydrogen-bond acceptors (Lipinski definition) is 2. The van der Waals surface area contributed by atoms with Gasteiger partial charge in [0.15, 0.2) is 0 Å². The van der Waals surface area contributed by atoms with E-state index in [1.54, 1.807) is 6.20 Å². The molecular formula is C13H19ClN2. The number of aromatic nitrogens is 1. The van der Waals surface area contributed by atoms with Crippen molar-refractivity contribution in [2.24, 2.45) is 5.41 Å². The van der Waals surface area contributed by atoms with Crippen LogP contribution in [0.2, 0.25) is 5.02 Å². The molecule has 1 aliphatic rings. The zero-order valence-electron chi connectivity index (χ0n) is 10.0. The molecule has 0 radical (unpaired) electrons. The first kappa shape index (κ1) is 11.9. The average Bonchev–Trinajstić information content (AvgIpc) is 2.21. The minimum absolute atomic E-state index is 0.512. The maximum absolute atomic E-state index is 5.95. The lowest BCUT2D eigenvalue weighted by Gasteiger charge is -2.36. The highest BCUT2D eigenvalue weighted by Gasteiger charge is 2.25. The number of halogens is 1. The molecule has 0 bridgehead atoms. The standard InChI is InChI=1S/C13H19ClN2/c1-13(2)4-7-16(8-5-13)10-12-9-11(14)3-6-15-12/h3,6,9H,4-5,7-8,10H2,1-2H3. The fourth-order valence-corrected chi connectivity index (χ4v) is 2.26. The predicted octanol–water partition coefficient (Wildman–Crippen LogP) is 3.36. The number of nitrogens with zero attached hydrogens (tertiary/aromatic N) is 2. The van der Waals surface area contributed by atoms with E-state index in [4.69, 9.17) is 11.6 Å². The summed E-state index contributed by atoms with van der Waals surface area (Å²) in [5, 5.41) is 0.780. The molecule has 2 heterocycles. The van der Waals surface area contributed by atoms with Crippen molar-refractivity contribution in [2.75, 3.05) is 13.1 Å². The first-order valence-corrected chi connectivity index (χ1v) is 6.26. The molecule has 1 fully saturated rings. The molecule has 1 saturated heterocycles. The molecule has 1 aliphatic heterocycles. The van der Waals surface area contributed by atoms with Crippen molar-refractivity contribution in [2.45, 2.75) is 33.2 Å². The maximum Gasteiger partial charge on any atom is 0.0558 e. The van der Waals surface area contributed by atoms with E-state index in [0.29, 0.717) is 5.41 Å². The van der Waals surface area contributed by atoms with Crippen LogP contribution in [0.15, 0.2) is 18.3 Å². The monoisotopic (exact) mass is 238 g/mol. The van der Waals surface area contributed by atoms with Gasteiger partial charge in [-0.2, -0.15) is 0 Å². The second kappa shape index (κ2) is 4.72. The summed E-state index contributed by atoms with van der Waals surface area (Å²) in [5.74, 6) is 0. The third-order valence-corrected chi connectivity index (χ3v) is 3.61. The van der Waals surface area contributed by atoms with E-state index >= 15 is 0 Å². The molecule has 3 heteroatoms. The summed E-state index contributed by atoms with van der Waals surface area (Å²) in [7, 11) is 0. The van der Waals surface area contributed by atoms with E-state index in [2.05, 4.69) is 23.7 Å². The van der Waals surface area contributed by atoms with Crippen LogP contribution < -0.4 is 0 Å². The summed E-state index contributed by atoms with van der Waals surface area (Å²) >= 11 is 5.95. The molecule has 2 nitrogen and oxygen atoms in total. The van der Waals surface area contributed by atoms with Crippen molar-refractivity contribution in [1.82, 2.24) is 9.88 Å².